The molecule has 2 bridgehead atoms. The average molecular weight is 250 g/mol. The van der Waals surface area contributed by atoms with Gasteiger partial charge >= 0.3 is 0 Å². The molecule has 2 aliphatic carbocycles. The fourth-order valence-corrected chi connectivity index (χ4v) is 4.89. The Balaban J connectivity index is 1.47. The summed E-state index contributed by atoms with van der Waals surface area (Å²) in [6.45, 7) is 6.30. The van der Waals surface area contributed by atoms with Crippen molar-refractivity contribution in [2.24, 2.45) is 29.4 Å². The topological polar surface area (TPSA) is 29.3 Å². The van der Waals surface area contributed by atoms with E-state index in [1.807, 2.05) is 0 Å². The molecule has 0 radical (unpaired) electrons. The average Bonchev–Trinajstić information content (AvgIpc) is 2.96. The van der Waals surface area contributed by atoms with Gasteiger partial charge in [-0.25, -0.2) is 0 Å². The highest BCUT2D eigenvalue weighted by Gasteiger charge is 2.46. The van der Waals surface area contributed by atoms with Crippen molar-refractivity contribution in [3.05, 3.63) is 0 Å². The zero-order valence-corrected chi connectivity index (χ0v) is 12.0. The summed E-state index contributed by atoms with van der Waals surface area (Å²) < 4.78 is 0. The molecule has 2 nitrogen and oxygen atoms in total. The smallest absolute Gasteiger partial charge is 0.0111 e. The maximum atomic E-state index is 6.43. The molecule has 3 rings (SSSR count). The van der Waals surface area contributed by atoms with Crippen molar-refractivity contribution < 1.29 is 0 Å². The predicted molar refractivity (Wildman–Crippen MR) is 76.4 cm³/mol. The Kier molecular flexibility index (Phi) is 3.95. The van der Waals surface area contributed by atoms with Gasteiger partial charge in [-0.3, -0.25) is 0 Å². The minimum atomic E-state index is 0.525. The van der Waals surface area contributed by atoms with Gasteiger partial charge in [-0.1, -0.05) is 19.8 Å². The summed E-state index contributed by atoms with van der Waals surface area (Å²) in [4.78, 5) is 2.72. The molecule has 3 aliphatic rings. The van der Waals surface area contributed by atoms with E-state index in [-0.39, 0.29) is 0 Å². The summed E-state index contributed by atoms with van der Waals surface area (Å²) in [5.74, 6) is 3.68. The van der Waals surface area contributed by atoms with E-state index in [9.17, 15) is 0 Å². The van der Waals surface area contributed by atoms with Crippen molar-refractivity contribution in [3.8, 4) is 0 Å². The predicted octanol–water partition coefficient (Wildman–Crippen LogP) is 2.87. The van der Waals surface area contributed by atoms with Crippen LogP contribution in [0.4, 0.5) is 0 Å². The summed E-state index contributed by atoms with van der Waals surface area (Å²) in [5, 5.41) is 0. The van der Waals surface area contributed by atoms with Crippen LogP contribution in [-0.4, -0.2) is 30.6 Å². The number of nitrogens with two attached hydrogens (primary N) is 1. The summed E-state index contributed by atoms with van der Waals surface area (Å²) in [6, 6.07) is 0.525. The lowest BCUT2D eigenvalue weighted by Crippen LogP contribution is -2.45. The van der Waals surface area contributed by atoms with E-state index < -0.39 is 0 Å². The fraction of sp³-hybridized carbons (Fsp3) is 1.00. The number of hydrogen-bond acceptors (Lipinski definition) is 2. The molecule has 0 aromatic heterocycles. The van der Waals surface area contributed by atoms with E-state index >= 15 is 0 Å². The SMILES string of the molecule is CCCC1CCN(CC2C3CCC(C3)C2N)CC1. The molecule has 104 valence electrons. The van der Waals surface area contributed by atoms with Crippen molar-refractivity contribution >= 4 is 0 Å². The lowest BCUT2D eigenvalue weighted by molar-refractivity contribution is 0.128. The van der Waals surface area contributed by atoms with Crippen LogP contribution < -0.4 is 5.73 Å². The van der Waals surface area contributed by atoms with Crippen LogP contribution in [0.2, 0.25) is 0 Å². The van der Waals surface area contributed by atoms with Crippen LogP contribution in [0.1, 0.15) is 51.9 Å². The maximum absolute atomic E-state index is 6.43. The third-order valence-electron chi connectivity index (χ3n) is 6.03. The van der Waals surface area contributed by atoms with Crippen LogP contribution in [0.15, 0.2) is 0 Å². The Labute approximate surface area is 112 Å². The molecule has 2 N–H and O–H groups in total. The van der Waals surface area contributed by atoms with Crippen molar-refractivity contribution in [3.63, 3.8) is 0 Å². The van der Waals surface area contributed by atoms with Gasteiger partial charge in [0.25, 0.3) is 0 Å². The highest BCUT2D eigenvalue weighted by molar-refractivity contribution is 5.00. The monoisotopic (exact) mass is 250 g/mol. The first kappa shape index (κ1) is 12.9. The first-order chi connectivity index (χ1) is 8.78. The second-order valence-corrected chi connectivity index (χ2v) is 7.11. The Morgan fingerprint density at radius 3 is 2.39 bits per heavy atom. The number of fused-ring (bicyclic) bond motifs is 2. The standard InChI is InChI=1S/C16H30N2/c1-2-3-12-6-8-18(9-7-12)11-15-13-4-5-14(10-13)16(15)17/h12-16H,2-11,17H2,1H3. The zero-order chi connectivity index (χ0) is 12.5. The summed E-state index contributed by atoms with van der Waals surface area (Å²) in [7, 11) is 0. The Morgan fingerprint density at radius 1 is 1.06 bits per heavy atom. The largest absolute Gasteiger partial charge is 0.327 e. The van der Waals surface area contributed by atoms with Gasteiger partial charge in [-0.2, -0.15) is 0 Å². The van der Waals surface area contributed by atoms with Crippen LogP contribution in [-0.2, 0) is 0 Å². The van der Waals surface area contributed by atoms with E-state index in [4.69, 9.17) is 5.73 Å². The number of hydrogen-bond donors (Lipinski definition) is 1. The van der Waals surface area contributed by atoms with Crippen LogP contribution >= 0.6 is 0 Å². The molecule has 2 saturated carbocycles. The normalized spacial score (nSPS) is 41.7. The molecule has 0 amide bonds. The molecule has 1 saturated heterocycles. The first-order valence-electron chi connectivity index (χ1n) is 8.26. The molecule has 18 heavy (non-hydrogen) atoms. The van der Waals surface area contributed by atoms with Crippen molar-refractivity contribution in [1.29, 1.82) is 0 Å². The molecule has 4 atom stereocenters. The Bertz CT molecular complexity index is 268. The molecule has 1 heterocycles. The van der Waals surface area contributed by atoms with Crippen LogP contribution in [0, 0.1) is 23.7 Å². The fourth-order valence-electron chi connectivity index (χ4n) is 4.89. The van der Waals surface area contributed by atoms with Gasteiger partial charge in [0.15, 0.2) is 0 Å². The summed E-state index contributed by atoms with van der Waals surface area (Å²) in [5.41, 5.74) is 6.43. The van der Waals surface area contributed by atoms with Gasteiger partial charge in [-0.05, 0) is 68.9 Å². The Morgan fingerprint density at radius 2 is 1.78 bits per heavy atom. The molecule has 4 unspecified atom stereocenters. The number of nitrogens with zero attached hydrogens (tertiary/aromatic N) is 1. The highest BCUT2D eigenvalue weighted by Crippen LogP contribution is 2.48. The van der Waals surface area contributed by atoms with Gasteiger partial charge in [0, 0.05) is 12.6 Å². The van der Waals surface area contributed by atoms with Gasteiger partial charge in [0.2, 0.25) is 0 Å². The number of likely N-dealkylation sites (tertiary alicyclic amines) is 1. The summed E-state index contributed by atoms with van der Waals surface area (Å²) in [6.07, 6.45) is 10.0. The molecule has 0 aromatic rings. The third-order valence-corrected chi connectivity index (χ3v) is 6.03. The molecule has 3 fully saturated rings. The Hall–Kier alpha value is -0.0800. The number of rotatable bonds is 4. The minimum Gasteiger partial charge on any atom is -0.327 e. The lowest BCUT2D eigenvalue weighted by atomic mass is 9.83. The molecule has 1 aliphatic heterocycles. The third kappa shape index (κ3) is 2.46. The lowest BCUT2D eigenvalue weighted by Gasteiger charge is -2.37. The zero-order valence-electron chi connectivity index (χ0n) is 12.0. The molecular formula is C16H30N2. The maximum Gasteiger partial charge on any atom is 0.0111 e. The summed E-state index contributed by atoms with van der Waals surface area (Å²) >= 11 is 0. The molecule has 2 heteroatoms. The van der Waals surface area contributed by atoms with Crippen LogP contribution in [0.3, 0.4) is 0 Å². The van der Waals surface area contributed by atoms with Crippen molar-refractivity contribution in [2.45, 2.75) is 57.9 Å². The van der Waals surface area contributed by atoms with Gasteiger partial charge in [0.1, 0.15) is 0 Å². The van der Waals surface area contributed by atoms with Gasteiger partial charge < -0.3 is 10.6 Å². The van der Waals surface area contributed by atoms with E-state index in [2.05, 4.69) is 11.8 Å². The van der Waals surface area contributed by atoms with Gasteiger partial charge in [-0.15, -0.1) is 0 Å². The number of piperidine rings is 1. The van der Waals surface area contributed by atoms with E-state index in [0.29, 0.717) is 6.04 Å². The quantitative estimate of drug-likeness (QED) is 0.831. The van der Waals surface area contributed by atoms with Crippen LogP contribution in [0.5, 0.6) is 0 Å². The van der Waals surface area contributed by atoms with E-state index in [1.165, 1.54) is 64.6 Å². The van der Waals surface area contributed by atoms with Crippen molar-refractivity contribution in [1.82, 2.24) is 4.90 Å². The van der Waals surface area contributed by atoms with Crippen LogP contribution in [0.25, 0.3) is 0 Å². The van der Waals surface area contributed by atoms with E-state index in [0.717, 1.165) is 23.7 Å². The van der Waals surface area contributed by atoms with Crippen molar-refractivity contribution in [2.75, 3.05) is 19.6 Å². The van der Waals surface area contributed by atoms with Gasteiger partial charge in [0.05, 0.1) is 0 Å². The molecule has 0 spiro atoms. The first-order valence-corrected chi connectivity index (χ1v) is 8.26. The second kappa shape index (κ2) is 5.50. The molecule has 0 aromatic carbocycles. The highest BCUT2D eigenvalue weighted by atomic mass is 15.1. The van der Waals surface area contributed by atoms with E-state index in [1.54, 1.807) is 0 Å². The second-order valence-electron chi connectivity index (χ2n) is 7.11. The molecular weight excluding hydrogens is 220 g/mol. The minimum absolute atomic E-state index is 0.525.